The number of carbonyl (C=O) groups is 1. The van der Waals surface area contributed by atoms with Crippen molar-refractivity contribution in [2.75, 3.05) is 5.33 Å². The van der Waals surface area contributed by atoms with Crippen molar-refractivity contribution < 1.29 is 9.53 Å². The van der Waals surface area contributed by atoms with Crippen LogP contribution in [-0.4, -0.2) is 16.1 Å². The summed E-state index contributed by atoms with van der Waals surface area (Å²) < 4.78 is 5.85. The normalized spacial score (nSPS) is 10.6. The van der Waals surface area contributed by atoms with Crippen LogP contribution in [0.2, 0.25) is 0 Å². The van der Waals surface area contributed by atoms with Crippen LogP contribution in [-0.2, 0) is 0 Å². The Kier molecular flexibility index (Phi) is 4.20. The summed E-state index contributed by atoms with van der Waals surface area (Å²) in [5.41, 5.74) is 2.20. The maximum Gasteiger partial charge on any atom is 0.222 e. The highest BCUT2D eigenvalue weighted by Gasteiger charge is 2.13. The van der Waals surface area contributed by atoms with E-state index in [0.29, 0.717) is 17.0 Å². The lowest BCUT2D eigenvalue weighted by molar-refractivity contribution is 0.102. The number of aromatic nitrogens is 1. The van der Waals surface area contributed by atoms with Crippen LogP contribution in [0.4, 0.5) is 0 Å². The molecule has 0 aliphatic heterocycles. The third-order valence-electron chi connectivity index (χ3n) is 3.37. The fraction of sp³-hybridized carbons (Fsp3) is 0.111. The molecular formula is C18H14BrNO2. The number of Topliss-reactive ketones (excluding diaryl/α,β-unsaturated/α-hetero) is 1. The van der Waals surface area contributed by atoms with Crippen molar-refractivity contribution in [3.8, 4) is 11.6 Å². The summed E-state index contributed by atoms with van der Waals surface area (Å²) in [5.74, 6) is 1.25. The first-order valence-electron chi connectivity index (χ1n) is 6.91. The van der Waals surface area contributed by atoms with E-state index in [-0.39, 0.29) is 11.1 Å². The first-order valence-corrected chi connectivity index (χ1v) is 8.03. The molecule has 3 aromatic rings. The van der Waals surface area contributed by atoms with Gasteiger partial charge in [-0.3, -0.25) is 4.79 Å². The number of rotatable bonds is 4. The van der Waals surface area contributed by atoms with Crippen LogP contribution in [0.25, 0.3) is 10.9 Å². The number of ketones is 1. The predicted octanol–water partition coefficient (Wildman–Crippen LogP) is 4.91. The summed E-state index contributed by atoms with van der Waals surface area (Å²) >= 11 is 3.22. The first-order chi connectivity index (χ1) is 10.7. The van der Waals surface area contributed by atoms with Gasteiger partial charge in [0.25, 0.3) is 0 Å². The molecule has 0 fully saturated rings. The Labute approximate surface area is 137 Å². The quantitative estimate of drug-likeness (QED) is 0.492. The zero-order valence-corrected chi connectivity index (χ0v) is 13.6. The second-order valence-electron chi connectivity index (χ2n) is 4.96. The fourth-order valence-electron chi connectivity index (χ4n) is 2.29. The molecule has 22 heavy (non-hydrogen) atoms. The smallest absolute Gasteiger partial charge is 0.222 e. The number of para-hydroxylation sites is 2. The molecule has 3 rings (SSSR count). The van der Waals surface area contributed by atoms with E-state index in [1.807, 2.05) is 55.5 Å². The Bertz CT molecular complexity index is 831. The first kappa shape index (κ1) is 14.7. The van der Waals surface area contributed by atoms with E-state index < -0.39 is 0 Å². The molecule has 0 N–H and O–H groups in total. The maximum atomic E-state index is 12.1. The molecule has 4 heteroatoms. The number of halogens is 1. The van der Waals surface area contributed by atoms with Crippen LogP contribution in [0, 0.1) is 6.92 Å². The SMILES string of the molecule is Cc1cc2cccc(C(=O)CBr)c2nc1Oc1ccccc1. The van der Waals surface area contributed by atoms with E-state index in [1.54, 1.807) is 6.07 Å². The van der Waals surface area contributed by atoms with Crippen molar-refractivity contribution in [2.24, 2.45) is 0 Å². The number of nitrogens with zero attached hydrogens (tertiary/aromatic N) is 1. The highest BCUT2D eigenvalue weighted by molar-refractivity contribution is 9.09. The molecule has 110 valence electrons. The van der Waals surface area contributed by atoms with Crippen LogP contribution in [0.3, 0.4) is 0 Å². The lowest BCUT2D eigenvalue weighted by atomic mass is 10.1. The number of alkyl halides is 1. The van der Waals surface area contributed by atoms with Crippen LogP contribution in [0.5, 0.6) is 11.6 Å². The molecule has 1 heterocycles. The van der Waals surface area contributed by atoms with Gasteiger partial charge in [-0.15, -0.1) is 0 Å². The zero-order chi connectivity index (χ0) is 15.5. The van der Waals surface area contributed by atoms with Crippen LogP contribution < -0.4 is 4.74 Å². The van der Waals surface area contributed by atoms with E-state index in [4.69, 9.17) is 4.74 Å². The highest BCUT2D eigenvalue weighted by atomic mass is 79.9. The molecule has 0 amide bonds. The van der Waals surface area contributed by atoms with Crippen molar-refractivity contribution in [2.45, 2.75) is 6.92 Å². The number of fused-ring (bicyclic) bond motifs is 1. The lowest BCUT2D eigenvalue weighted by Gasteiger charge is -2.10. The topological polar surface area (TPSA) is 39.2 Å². The van der Waals surface area contributed by atoms with Gasteiger partial charge in [-0.1, -0.05) is 46.3 Å². The Morgan fingerprint density at radius 3 is 2.64 bits per heavy atom. The second kappa shape index (κ2) is 6.28. The van der Waals surface area contributed by atoms with Gasteiger partial charge in [-0.2, -0.15) is 0 Å². The molecular weight excluding hydrogens is 342 g/mol. The maximum absolute atomic E-state index is 12.1. The zero-order valence-electron chi connectivity index (χ0n) is 12.0. The number of benzene rings is 2. The molecule has 0 saturated heterocycles. The summed E-state index contributed by atoms with van der Waals surface area (Å²) in [6.07, 6.45) is 0. The number of hydrogen-bond donors (Lipinski definition) is 0. The second-order valence-corrected chi connectivity index (χ2v) is 5.52. The highest BCUT2D eigenvalue weighted by Crippen LogP contribution is 2.28. The summed E-state index contributed by atoms with van der Waals surface area (Å²) in [4.78, 5) is 16.6. The van der Waals surface area contributed by atoms with E-state index in [2.05, 4.69) is 20.9 Å². The van der Waals surface area contributed by atoms with Crippen LogP contribution >= 0.6 is 15.9 Å². The van der Waals surface area contributed by atoms with Gasteiger partial charge in [0.05, 0.1) is 10.8 Å². The van der Waals surface area contributed by atoms with Gasteiger partial charge in [0.1, 0.15) is 5.75 Å². The number of aryl methyl sites for hydroxylation is 1. The van der Waals surface area contributed by atoms with E-state index >= 15 is 0 Å². The van der Waals surface area contributed by atoms with Gasteiger partial charge < -0.3 is 4.74 Å². The monoisotopic (exact) mass is 355 g/mol. The molecule has 0 spiro atoms. The van der Waals surface area contributed by atoms with E-state index in [9.17, 15) is 4.79 Å². The van der Waals surface area contributed by atoms with Gasteiger partial charge in [0.2, 0.25) is 5.88 Å². The van der Waals surface area contributed by atoms with Gasteiger partial charge in [-0.05, 0) is 31.2 Å². The predicted molar refractivity (Wildman–Crippen MR) is 91.1 cm³/mol. The summed E-state index contributed by atoms with van der Waals surface area (Å²) in [5, 5.41) is 1.21. The Morgan fingerprint density at radius 1 is 1.14 bits per heavy atom. The third-order valence-corrected chi connectivity index (χ3v) is 3.88. The molecule has 0 atom stereocenters. The van der Waals surface area contributed by atoms with Crippen molar-refractivity contribution in [1.82, 2.24) is 4.98 Å². The number of ether oxygens (including phenoxy) is 1. The molecule has 0 unspecified atom stereocenters. The molecule has 3 nitrogen and oxygen atoms in total. The van der Waals surface area contributed by atoms with Gasteiger partial charge >= 0.3 is 0 Å². The molecule has 2 aromatic carbocycles. The summed E-state index contributed by atoms with van der Waals surface area (Å²) in [6, 6.07) is 17.1. The molecule has 1 aromatic heterocycles. The number of pyridine rings is 1. The minimum absolute atomic E-state index is 0.00705. The molecule has 0 aliphatic rings. The number of hydrogen-bond acceptors (Lipinski definition) is 3. The van der Waals surface area contributed by atoms with Crippen LogP contribution in [0.1, 0.15) is 15.9 Å². The molecule has 0 radical (unpaired) electrons. The van der Waals surface area contributed by atoms with Gasteiger partial charge in [-0.25, -0.2) is 4.98 Å². The molecule has 0 aliphatic carbocycles. The average molecular weight is 356 g/mol. The molecule has 0 bridgehead atoms. The van der Waals surface area contributed by atoms with Crippen molar-refractivity contribution in [3.05, 3.63) is 65.7 Å². The Balaban J connectivity index is 2.11. The van der Waals surface area contributed by atoms with Crippen molar-refractivity contribution >= 4 is 32.6 Å². The number of carbonyl (C=O) groups excluding carboxylic acids is 1. The Hall–Kier alpha value is -2.20. The minimum atomic E-state index is 0.00705. The van der Waals surface area contributed by atoms with Crippen molar-refractivity contribution in [1.29, 1.82) is 0 Å². The van der Waals surface area contributed by atoms with Crippen LogP contribution in [0.15, 0.2) is 54.6 Å². The summed E-state index contributed by atoms with van der Waals surface area (Å²) in [6.45, 7) is 1.95. The van der Waals surface area contributed by atoms with Crippen molar-refractivity contribution in [3.63, 3.8) is 0 Å². The third kappa shape index (κ3) is 2.88. The lowest BCUT2D eigenvalue weighted by Crippen LogP contribution is -2.03. The van der Waals surface area contributed by atoms with Gasteiger partial charge in [0.15, 0.2) is 5.78 Å². The van der Waals surface area contributed by atoms with Gasteiger partial charge in [0, 0.05) is 16.5 Å². The average Bonchev–Trinajstić information content (AvgIpc) is 2.55. The fourth-order valence-corrected chi connectivity index (χ4v) is 2.59. The largest absolute Gasteiger partial charge is 0.439 e. The minimum Gasteiger partial charge on any atom is -0.439 e. The summed E-state index contributed by atoms with van der Waals surface area (Å²) in [7, 11) is 0. The van der Waals surface area contributed by atoms with E-state index in [1.165, 1.54) is 0 Å². The Morgan fingerprint density at radius 2 is 1.91 bits per heavy atom. The standard InChI is InChI=1S/C18H14BrNO2/c1-12-10-13-6-5-9-15(16(21)11-19)17(13)20-18(12)22-14-7-3-2-4-8-14/h2-10H,11H2,1H3. The van der Waals surface area contributed by atoms with E-state index in [0.717, 1.165) is 16.7 Å². The molecule has 0 saturated carbocycles.